The molecule has 55 heavy (non-hydrogen) atoms. The topological polar surface area (TPSA) is 6.48 Å². The number of rotatable bonds is 6. The molecule has 262 valence electrons. The Hall–Kier alpha value is -6.42. The molecule has 0 bridgehead atoms. The summed E-state index contributed by atoms with van der Waals surface area (Å²) in [6.07, 6.45) is 6.86. The average molecular weight is 723 g/mol. The molecule has 0 radical (unpaired) electrons. The fraction of sp³-hybridized carbons (Fsp3) is 0.0769. The van der Waals surface area contributed by atoms with Crippen LogP contribution in [0.3, 0.4) is 0 Å². The SMILES string of the molecule is CN(c1ccc(-c2ccccc2)cc1)c1ccc2c(c1)C1(C3=C(C=CCC3)c3ccc(N(c4ccccc4)c4ccccc4)cc31)c1c-2sc2ccccc12. The highest BCUT2D eigenvalue weighted by molar-refractivity contribution is 7.22. The molecule has 1 spiro atoms. The van der Waals surface area contributed by atoms with E-state index in [1.165, 1.54) is 82.1 Å². The average Bonchev–Trinajstić information content (AvgIpc) is 3.88. The molecule has 11 rings (SSSR count). The molecule has 3 aliphatic rings. The Morgan fingerprint density at radius 2 is 1.11 bits per heavy atom. The van der Waals surface area contributed by atoms with Gasteiger partial charge in [0, 0.05) is 45.1 Å². The summed E-state index contributed by atoms with van der Waals surface area (Å²) in [6.45, 7) is 0. The van der Waals surface area contributed by atoms with Crippen LogP contribution in [0.1, 0.15) is 35.1 Å². The first-order valence-electron chi connectivity index (χ1n) is 19.2. The fourth-order valence-corrected chi connectivity index (χ4v) is 10.8. The van der Waals surface area contributed by atoms with Gasteiger partial charge in [-0.15, -0.1) is 11.3 Å². The Morgan fingerprint density at radius 3 is 1.85 bits per heavy atom. The first-order chi connectivity index (χ1) is 27.2. The van der Waals surface area contributed by atoms with E-state index in [4.69, 9.17) is 0 Å². The molecular formula is C52H38N2S. The van der Waals surface area contributed by atoms with Crippen LogP contribution in [0, 0.1) is 0 Å². The lowest BCUT2D eigenvalue weighted by Gasteiger charge is -2.35. The highest BCUT2D eigenvalue weighted by atomic mass is 32.1. The summed E-state index contributed by atoms with van der Waals surface area (Å²) < 4.78 is 1.35. The number of allylic oxidation sites excluding steroid dienone is 4. The van der Waals surface area contributed by atoms with Crippen molar-refractivity contribution in [1.29, 1.82) is 0 Å². The maximum atomic E-state index is 2.52. The summed E-state index contributed by atoms with van der Waals surface area (Å²) in [7, 11) is 2.21. The third-order valence-corrected chi connectivity index (χ3v) is 13.2. The Balaban J connectivity index is 1.14. The monoisotopic (exact) mass is 722 g/mol. The second-order valence-electron chi connectivity index (χ2n) is 14.8. The van der Waals surface area contributed by atoms with Gasteiger partial charge >= 0.3 is 0 Å². The van der Waals surface area contributed by atoms with E-state index < -0.39 is 5.41 Å². The Bertz CT molecular complexity index is 2770. The van der Waals surface area contributed by atoms with Crippen molar-refractivity contribution >= 4 is 55.4 Å². The summed E-state index contributed by atoms with van der Waals surface area (Å²) in [6, 6.07) is 64.8. The minimum atomic E-state index is -0.414. The predicted octanol–water partition coefficient (Wildman–Crippen LogP) is 14.2. The van der Waals surface area contributed by atoms with Crippen LogP contribution in [0.15, 0.2) is 194 Å². The molecule has 2 nitrogen and oxygen atoms in total. The second-order valence-corrected chi connectivity index (χ2v) is 15.9. The van der Waals surface area contributed by atoms with E-state index in [1.54, 1.807) is 0 Å². The molecule has 3 heteroatoms. The third kappa shape index (κ3) is 4.79. The van der Waals surface area contributed by atoms with Crippen LogP contribution in [-0.2, 0) is 5.41 Å². The van der Waals surface area contributed by atoms with Crippen molar-refractivity contribution in [3.8, 4) is 21.6 Å². The van der Waals surface area contributed by atoms with Gasteiger partial charge in [-0.3, -0.25) is 0 Å². The molecule has 0 saturated carbocycles. The quantitative estimate of drug-likeness (QED) is 0.169. The summed E-state index contributed by atoms with van der Waals surface area (Å²) in [5, 5.41) is 1.37. The molecule has 7 aromatic carbocycles. The normalized spacial score (nSPS) is 16.2. The zero-order valence-electron chi connectivity index (χ0n) is 30.6. The third-order valence-electron chi connectivity index (χ3n) is 12.0. The van der Waals surface area contributed by atoms with Gasteiger partial charge in [0.1, 0.15) is 0 Å². The van der Waals surface area contributed by atoms with Crippen molar-refractivity contribution < 1.29 is 0 Å². The van der Waals surface area contributed by atoms with E-state index >= 15 is 0 Å². The van der Waals surface area contributed by atoms with E-state index in [1.807, 2.05) is 11.3 Å². The van der Waals surface area contributed by atoms with Crippen molar-refractivity contribution in [3.63, 3.8) is 0 Å². The molecule has 1 unspecified atom stereocenters. The summed E-state index contributed by atoms with van der Waals surface area (Å²) in [5.41, 5.74) is 17.7. The maximum Gasteiger partial charge on any atom is 0.0704 e. The predicted molar refractivity (Wildman–Crippen MR) is 234 cm³/mol. The van der Waals surface area contributed by atoms with E-state index in [0.717, 1.165) is 24.2 Å². The smallest absolute Gasteiger partial charge is 0.0704 e. The molecule has 1 heterocycles. The number of benzene rings is 7. The molecule has 0 saturated heterocycles. The number of hydrogen-bond acceptors (Lipinski definition) is 3. The van der Waals surface area contributed by atoms with Crippen molar-refractivity contribution in [2.45, 2.75) is 18.3 Å². The Kier molecular flexibility index (Phi) is 7.33. The van der Waals surface area contributed by atoms with Crippen molar-refractivity contribution in [3.05, 3.63) is 216 Å². The van der Waals surface area contributed by atoms with Crippen LogP contribution >= 0.6 is 11.3 Å². The second kappa shape index (κ2) is 12.6. The number of thiophene rings is 1. The van der Waals surface area contributed by atoms with Crippen LogP contribution in [0.25, 0.3) is 37.2 Å². The summed E-state index contributed by atoms with van der Waals surface area (Å²) in [4.78, 5) is 6.16. The number of anilines is 5. The van der Waals surface area contributed by atoms with Gasteiger partial charge in [0.15, 0.2) is 0 Å². The number of fused-ring (bicyclic) bond motifs is 11. The molecule has 0 aliphatic heterocycles. The van der Waals surface area contributed by atoms with Crippen LogP contribution in [0.5, 0.6) is 0 Å². The summed E-state index contributed by atoms with van der Waals surface area (Å²) >= 11 is 1.95. The number of hydrogen-bond donors (Lipinski definition) is 0. The lowest BCUT2D eigenvalue weighted by Crippen LogP contribution is -2.28. The molecule has 8 aromatic rings. The number of para-hydroxylation sites is 2. The van der Waals surface area contributed by atoms with E-state index in [-0.39, 0.29) is 0 Å². The molecular weight excluding hydrogens is 685 g/mol. The minimum Gasteiger partial charge on any atom is -0.345 e. The molecule has 3 aliphatic carbocycles. The molecule has 1 aromatic heterocycles. The van der Waals surface area contributed by atoms with E-state index in [9.17, 15) is 0 Å². The number of nitrogens with zero attached hydrogens (tertiary/aromatic N) is 2. The van der Waals surface area contributed by atoms with Crippen LogP contribution in [0.2, 0.25) is 0 Å². The van der Waals surface area contributed by atoms with Crippen molar-refractivity contribution in [1.82, 2.24) is 0 Å². The highest BCUT2D eigenvalue weighted by Crippen LogP contribution is 2.67. The van der Waals surface area contributed by atoms with E-state index in [0.29, 0.717) is 0 Å². The largest absolute Gasteiger partial charge is 0.345 e. The van der Waals surface area contributed by atoms with Gasteiger partial charge in [-0.25, -0.2) is 0 Å². The van der Waals surface area contributed by atoms with Crippen LogP contribution in [0.4, 0.5) is 28.4 Å². The standard InChI is InChI=1S/C52H38N2S/c1-53(37-27-25-36(26-28-37)35-15-5-2-6-16-35)40-29-32-44-48(33-40)52(50-45-22-12-14-24-49(45)55-51(44)50)46-23-13-11-21-42(46)43-31-30-41(34-47(43)52)54(38-17-7-3-8-18-38)39-19-9-4-10-20-39/h2-12,14-22,24-34H,13,23H2,1H3. The molecule has 0 fully saturated rings. The van der Waals surface area contributed by atoms with Gasteiger partial charge in [0.2, 0.25) is 0 Å². The molecule has 1 atom stereocenters. The fourth-order valence-electron chi connectivity index (χ4n) is 9.53. The Morgan fingerprint density at radius 1 is 0.527 bits per heavy atom. The first kappa shape index (κ1) is 32.0. The van der Waals surface area contributed by atoms with E-state index in [2.05, 4.69) is 205 Å². The van der Waals surface area contributed by atoms with Gasteiger partial charge in [-0.2, -0.15) is 0 Å². The van der Waals surface area contributed by atoms with Gasteiger partial charge < -0.3 is 9.80 Å². The lowest BCUT2D eigenvalue weighted by atomic mass is 9.67. The van der Waals surface area contributed by atoms with Gasteiger partial charge in [0.05, 0.1) is 5.41 Å². The minimum absolute atomic E-state index is 0.414. The van der Waals surface area contributed by atoms with Crippen LogP contribution in [-0.4, -0.2) is 7.05 Å². The van der Waals surface area contributed by atoms with Gasteiger partial charge in [0.25, 0.3) is 0 Å². The van der Waals surface area contributed by atoms with Gasteiger partial charge in [-0.1, -0.05) is 121 Å². The maximum absolute atomic E-state index is 2.52. The van der Waals surface area contributed by atoms with Crippen LogP contribution < -0.4 is 9.80 Å². The lowest BCUT2D eigenvalue weighted by molar-refractivity contribution is 0.720. The Labute approximate surface area is 326 Å². The first-order valence-corrected chi connectivity index (χ1v) is 20.0. The van der Waals surface area contributed by atoms with Crippen molar-refractivity contribution in [2.24, 2.45) is 0 Å². The van der Waals surface area contributed by atoms with Gasteiger partial charge in [-0.05, 0) is 135 Å². The van der Waals surface area contributed by atoms with Crippen molar-refractivity contribution in [2.75, 3.05) is 16.8 Å². The zero-order valence-corrected chi connectivity index (χ0v) is 31.4. The molecule has 0 N–H and O–H groups in total. The summed E-state index contributed by atoms with van der Waals surface area (Å²) in [5.74, 6) is 0. The molecule has 0 amide bonds. The zero-order chi connectivity index (χ0) is 36.5. The highest BCUT2D eigenvalue weighted by Gasteiger charge is 2.54.